The fraction of sp³-hybridized carbons (Fsp3) is 0.824. The van der Waals surface area contributed by atoms with E-state index in [2.05, 4.69) is 0 Å². The van der Waals surface area contributed by atoms with E-state index in [1.807, 2.05) is 0 Å². The van der Waals surface area contributed by atoms with Crippen LogP contribution >= 0.6 is 0 Å². The van der Waals surface area contributed by atoms with Crippen LogP contribution in [0.4, 0.5) is 4.79 Å². The number of β-amino-alcohol motifs (C(OH)–C–C–N with tert-alkyl or cyclic N) is 1. The summed E-state index contributed by atoms with van der Waals surface area (Å²) in [4.78, 5) is 40.1. The van der Waals surface area contributed by atoms with E-state index in [1.165, 1.54) is 0 Å². The lowest BCUT2D eigenvalue weighted by molar-refractivity contribution is -0.141. The second kappa shape index (κ2) is 6.82. The second-order valence-electron chi connectivity index (χ2n) is 7.55. The van der Waals surface area contributed by atoms with Gasteiger partial charge in [0.1, 0.15) is 6.04 Å². The molecule has 2 N–H and O–H groups in total. The number of piperidine rings is 1. The van der Waals surface area contributed by atoms with Gasteiger partial charge in [0.05, 0.1) is 6.10 Å². The van der Waals surface area contributed by atoms with E-state index in [1.54, 1.807) is 16.7 Å². The molecular weight excluding hydrogens is 326 g/mol. The van der Waals surface area contributed by atoms with E-state index in [9.17, 15) is 19.5 Å². The number of carbonyl (C=O) groups excluding carboxylic acids is 2. The molecule has 0 aromatic rings. The number of carboxylic acid groups (broad SMARTS) is 1. The van der Waals surface area contributed by atoms with Crippen molar-refractivity contribution in [3.8, 4) is 0 Å². The van der Waals surface area contributed by atoms with Crippen LogP contribution < -0.4 is 0 Å². The summed E-state index contributed by atoms with van der Waals surface area (Å²) in [5, 5.41) is 19.2. The third-order valence-corrected chi connectivity index (χ3v) is 6.04. The number of piperazine rings is 1. The molecule has 0 radical (unpaired) electrons. The van der Waals surface area contributed by atoms with Gasteiger partial charge in [-0.15, -0.1) is 0 Å². The largest absolute Gasteiger partial charge is 0.465 e. The lowest BCUT2D eigenvalue weighted by Crippen LogP contribution is -2.57. The molecule has 25 heavy (non-hydrogen) atoms. The highest BCUT2D eigenvalue weighted by Gasteiger charge is 2.51. The van der Waals surface area contributed by atoms with Crippen LogP contribution in [0.25, 0.3) is 0 Å². The molecule has 3 aliphatic rings. The van der Waals surface area contributed by atoms with Crippen LogP contribution in [0.2, 0.25) is 0 Å². The molecule has 3 fully saturated rings. The standard InChI is InChI=1S/C17H27N3O5/c1-12-15(23)18(9-10-20(12)16(24)25)7-2-3-14(22)19-8-6-17(4-5-17)13(21)11-19/h12-13,21H,2-11H2,1H3,(H,24,25)/t12-,13+/m0/s1. The number of amides is 3. The summed E-state index contributed by atoms with van der Waals surface area (Å²) in [6.45, 7) is 3.86. The molecule has 2 aliphatic heterocycles. The second-order valence-corrected chi connectivity index (χ2v) is 7.55. The van der Waals surface area contributed by atoms with Crippen molar-refractivity contribution in [2.24, 2.45) is 5.41 Å². The van der Waals surface area contributed by atoms with Gasteiger partial charge in [0, 0.05) is 39.1 Å². The Bertz CT molecular complexity index is 562. The molecule has 2 saturated heterocycles. The van der Waals surface area contributed by atoms with E-state index in [-0.39, 0.29) is 17.2 Å². The predicted octanol–water partition coefficient (Wildman–Crippen LogP) is 0.351. The predicted molar refractivity (Wildman–Crippen MR) is 88.9 cm³/mol. The van der Waals surface area contributed by atoms with Gasteiger partial charge in [-0.1, -0.05) is 0 Å². The SMILES string of the molecule is C[C@H]1C(=O)N(CCCC(=O)N2CCC3(CC3)[C@H](O)C2)CCN1C(=O)O. The van der Waals surface area contributed by atoms with E-state index >= 15 is 0 Å². The zero-order valence-electron chi connectivity index (χ0n) is 14.7. The number of rotatable bonds is 4. The summed E-state index contributed by atoms with van der Waals surface area (Å²) in [5.41, 5.74) is 0.0865. The van der Waals surface area contributed by atoms with Gasteiger partial charge in [-0.25, -0.2) is 4.79 Å². The Morgan fingerprint density at radius 3 is 2.52 bits per heavy atom. The third kappa shape index (κ3) is 3.58. The molecule has 3 rings (SSSR count). The smallest absolute Gasteiger partial charge is 0.408 e. The van der Waals surface area contributed by atoms with E-state index in [0.717, 1.165) is 24.2 Å². The Labute approximate surface area is 147 Å². The molecule has 0 aromatic heterocycles. The van der Waals surface area contributed by atoms with E-state index < -0.39 is 18.2 Å². The quantitative estimate of drug-likeness (QED) is 0.759. The van der Waals surface area contributed by atoms with E-state index in [0.29, 0.717) is 45.6 Å². The molecular formula is C17H27N3O5. The van der Waals surface area contributed by atoms with Gasteiger partial charge in [-0.05, 0) is 38.0 Å². The van der Waals surface area contributed by atoms with Crippen LogP contribution in [0, 0.1) is 5.41 Å². The summed E-state index contributed by atoms with van der Waals surface area (Å²) in [5.74, 6) is -0.176. The first-order valence-corrected chi connectivity index (χ1v) is 9.08. The van der Waals surface area contributed by atoms with Crippen LogP contribution in [0.3, 0.4) is 0 Å². The van der Waals surface area contributed by atoms with Crippen LogP contribution in [-0.2, 0) is 9.59 Å². The average molecular weight is 353 g/mol. The first kappa shape index (κ1) is 18.0. The fourth-order valence-corrected chi connectivity index (χ4v) is 3.98. The number of likely N-dealkylation sites (tertiary alicyclic amines) is 1. The van der Waals surface area contributed by atoms with Crippen LogP contribution in [0.5, 0.6) is 0 Å². The van der Waals surface area contributed by atoms with Crippen molar-refractivity contribution in [3.63, 3.8) is 0 Å². The molecule has 3 amide bonds. The fourth-order valence-electron chi connectivity index (χ4n) is 3.98. The van der Waals surface area contributed by atoms with Crippen molar-refractivity contribution in [3.05, 3.63) is 0 Å². The molecule has 0 bridgehead atoms. The lowest BCUT2D eigenvalue weighted by Gasteiger charge is -2.38. The molecule has 1 aliphatic carbocycles. The third-order valence-electron chi connectivity index (χ3n) is 6.04. The Morgan fingerprint density at radius 2 is 1.92 bits per heavy atom. The van der Waals surface area contributed by atoms with Gasteiger partial charge in [-0.3, -0.25) is 14.5 Å². The number of hydrogen-bond acceptors (Lipinski definition) is 4. The average Bonchev–Trinajstić information content (AvgIpc) is 3.34. The highest BCUT2D eigenvalue weighted by Crippen LogP contribution is 2.53. The van der Waals surface area contributed by atoms with Crippen molar-refractivity contribution in [1.82, 2.24) is 14.7 Å². The first-order chi connectivity index (χ1) is 11.8. The number of aliphatic hydroxyl groups excluding tert-OH is 1. The molecule has 1 spiro atoms. The van der Waals surface area contributed by atoms with Crippen LogP contribution in [0.1, 0.15) is 39.0 Å². The molecule has 2 atom stereocenters. The molecule has 8 heteroatoms. The van der Waals surface area contributed by atoms with Crippen LogP contribution in [-0.4, -0.2) is 87.7 Å². The Hall–Kier alpha value is -1.83. The minimum atomic E-state index is -1.08. The Kier molecular flexibility index (Phi) is 4.90. The number of aliphatic hydroxyl groups is 1. The van der Waals surface area contributed by atoms with Crippen molar-refractivity contribution in [2.75, 3.05) is 32.7 Å². The highest BCUT2D eigenvalue weighted by atomic mass is 16.4. The molecule has 8 nitrogen and oxygen atoms in total. The maximum absolute atomic E-state index is 12.3. The Balaban J connectivity index is 1.41. The summed E-state index contributed by atoms with van der Waals surface area (Å²) >= 11 is 0. The number of carbonyl (C=O) groups is 3. The monoisotopic (exact) mass is 353 g/mol. The zero-order chi connectivity index (χ0) is 18.2. The zero-order valence-corrected chi connectivity index (χ0v) is 14.7. The summed E-state index contributed by atoms with van der Waals surface area (Å²) < 4.78 is 0. The minimum absolute atomic E-state index is 0.0271. The van der Waals surface area contributed by atoms with Crippen molar-refractivity contribution >= 4 is 17.9 Å². The lowest BCUT2D eigenvalue weighted by atomic mass is 9.90. The number of nitrogens with zero attached hydrogens (tertiary/aromatic N) is 3. The van der Waals surface area contributed by atoms with Gasteiger partial charge >= 0.3 is 6.09 Å². The molecule has 0 aromatic carbocycles. The topological polar surface area (TPSA) is 101 Å². The Morgan fingerprint density at radius 1 is 1.20 bits per heavy atom. The van der Waals surface area contributed by atoms with E-state index in [4.69, 9.17) is 5.11 Å². The highest BCUT2D eigenvalue weighted by molar-refractivity contribution is 5.86. The molecule has 1 saturated carbocycles. The van der Waals surface area contributed by atoms with Crippen molar-refractivity contribution in [2.45, 2.75) is 51.2 Å². The van der Waals surface area contributed by atoms with Crippen molar-refractivity contribution in [1.29, 1.82) is 0 Å². The van der Waals surface area contributed by atoms with Crippen molar-refractivity contribution < 1.29 is 24.6 Å². The van der Waals surface area contributed by atoms with Gasteiger partial charge in [0.15, 0.2) is 0 Å². The molecule has 140 valence electrons. The maximum atomic E-state index is 12.3. The minimum Gasteiger partial charge on any atom is -0.465 e. The first-order valence-electron chi connectivity index (χ1n) is 9.08. The molecule has 2 heterocycles. The summed E-state index contributed by atoms with van der Waals surface area (Å²) in [6, 6.07) is -0.672. The van der Waals surface area contributed by atoms with Gasteiger partial charge in [0.2, 0.25) is 11.8 Å². The summed E-state index contributed by atoms with van der Waals surface area (Å²) in [7, 11) is 0. The number of hydrogen-bond donors (Lipinski definition) is 2. The summed E-state index contributed by atoms with van der Waals surface area (Å²) in [6.07, 6.45) is 2.44. The maximum Gasteiger partial charge on any atom is 0.408 e. The van der Waals surface area contributed by atoms with Gasteiger partial charge < -0.3 is 20.0 Å². The normalized spacial score (nSPS) is 28.4. The van der Waals surface area contributed by atoms with Crippen LogP contribution in [0.15, 0.2) is 0 Å². The van der Waals surface area contributed by atoms with Gasteiger partial charge in [0.25, 0.3) is 0 Å². The molecule has 0 unspecified atom stereocenters. The van der Waals surface area contributed by atoms with Gasteiger partial charge in [-0.2, -0.15) is 0 Å².